The van der Waals surface area contributed by atoms with E-state index in [1.165, 1.54) is 58.4 Å². The molecule has 0 aromatic carbocycles. The lowest BCUT2D eigenvalue weighted by Crippen LogP contribution is -2.49. The Bertz CT molecular complexity index is 234. The molecule has 0 aliphatic carbocycles. The summed E-state index contributed by atoms with van der Waals surface area (Å²) in [5.41, 5.74) is 0. The summed E-state index contributed by atoms with van der Waals surface area (Å²) in [5.74, 6) is 0.876. The standard InChI is InChI=1S/C15H31N3/c1-13(2)16-11-14-5-4-8-18(12-14)15-6-9-17(3)10-7-15/h13-16H,4-12H2,1-3H3. The van der Waals surface area contributed by atoms with Crippen LogP contribution < -0.4 is 5.32 Å². The second-order valence-corrected chi connectivity index (χ2v) is 6.60. The van der Waals surface area contributed by atoms with E-state index >= 15 is 0 Å². The van der Waals surface area contributed by atoms with Crippen molar-refractivity contribution in [2.24, 2.45) is 5.92 Å². The van der Waals surface area contributed by atoms with Crippen molar-refractivity contribution in [1.29, 1.82) is 0 Å². The van der Waals surface area contributed by atoms with Crippen LogP contribution in [-0.4, -0.2) is 61.7 Å². The molecule has 1 atom stereocenters. The first-order chi connectivity index (χ1) is 8.65. The Hall–Kier alpha value is -0.120. The van der Waals surface area contributed by atoms with Gasteiger partial charge in [0.2, 0.25) is 0 Å². The van der Waals surface area contributed by atoms with Crippen molar-refractivity contribution >= 4 is 0 Å². The molecule has 1 N–H and O–H groups in total. The maximum absolute atomic E-state index is 3.61. The smallest absolute Gasteiger partial charge is 0.0120 e. The van der Waals surface area contributed by atoms with Crippen molar-refractivity contribution in [3.63, 3.8) is 0 Å². The lowest BCUT2D eigenvalue weighted by molar-refractivity contribution is 0.0780. The average molecular weight is 253 g/mol. The monoisotopic (exact) mass is 253 g/mol. The molecule has 3 nitrogen and oxygen atoms in total. The van der Waals surface area contributed by atoms with Crippen LogP contribution in [0.1, 0.15) is 39.5 Å². The van der Waals surface area contributed by atoms with Crippen LogP contribution >= 0.6 is 0 Å². The van der Waals surface area contributed by atoms with Gasteiger partial charge in [-0.2, -0.15) is 0 Å². The minimum Gasteiger partial charge on any atom is -0.314 e. The summed E-state index contributed by atoms with van der Waals surface area (Å²) < 4.78 is 0. The molecule has 18 heavy (non-hydrogen) atoms. The summed E-state index contributed by atoms with van der Waals surface area (Å²) in [6, 6.07) is 1.49. The molecule has 1 unspecified atom stereocenters. The van der Waals surface area contributed by atoms with Crippen molar-refractivity contribution < 1.29 is 0 Å². The highest BCUT2D eigenvalue weighted by atomic mass is 15.2. The molecule has 2 aliphatic rings. The lowest BCUT2D eigenvalue weighted by atomic mass is 9.94. The van der Waals surface area contributed by atoms with Gasteiger partial charge < -0.3 is 10.2 Å². The first kappa shape index (κ1) is 14.3. The van der Waals surface area contributed by atoms with Crippen molar-refractivity contribution in [3.05, 3.63) is 0 Å². The van der Waals surface area contributed by atoms with Gasteiger partial charge in [-0.25, -0.2) is 0 Å². The Morgan fingerprint density at radius 2 is 1.83 bits per heavy atom. The van der Waals surface area contributed by atoms with Gasteiger partial charge in [-0.05, 0) is 64.8 Å². The average Bonchev–Trinajstić information content (AvgIpc) is 2.37. The van der Waals surface area contributed by atoms with Crippen LogP contribution in [0.2, 0.25) is 0 Å². The van der Waals surface area contributed by atoms with E-state index in [4.69, 9.17) is 0 Å². The minimum atomic E-state index is 0.628. The molecule has 0 aromatic heterocycles. The first-order valence-electron chi connectivity index (χ1n) is 7.81. The van der Waals surface area contributed by atoms with Gasteiger partial charge in [-0.1, -0.05) is 13.8 Å². The van der Waals surface area contributed by atoms with Crippen LogP contribution in [0.25, 0.3) is 0 Å². The second kappa shape index (κ2) is 6.88. The molecule has 0 bridgehead atoms. The number of nitrogens with one attached hydrogen (secondary N) is 1. The third-order valence-corrected chi connectivity index (χ3v) is 4.57. The van der Waals surface area contributed by atoms with E-state index in [9.17, 15) is 0 Å². The molecule has 106 valence electrons. The summed E-state index contributed by atoms with van der Waals surface area (Å²) in [7, 11) is 2.25. The van der Waals surface area contributed by atoms with Gasteiger partial charge in [0.15, 0.2) is 0 Å². The van der Waals surface area contributed by atoms with Crippen LogP contribution in [-0.2, 0) is 0 Å². The molecule has 2 heterocycles. The normalized spacial score (nSPS) is 29.0. The Kier molecular flexibility index (Phi) is 5.46. The zero-order valence-electron chi connectivity index (χ0n) is 12.5. The van der Waals surface area contributed by atoms with E-state index in [2.05, 4.69) is 36.0 Å². The molecule has 0 spiro atoms. The lowest BCUT2D eigenvalue weighted by Gasteiger charge is -2.41. The molecule has 3 heteroatoms. The zero-order valence-corrected chi connectivity index (χ0v) is 12.5. The van der Waals surface area contributed by atoms with Crippen LogP contribution in [0.15, 0.2) is 0 Å². The van der Waals surface area contributed by atoms with E-state index < -0.39 is 0 Å². The van der Waals surface area contributed by atoms with Crippen LogP contribution in [0.5, 0.6) is 0 Å². The third kappa shape index (κ3) is 4.22. The fourth-order valence-electron chi connectivity index (χ4n) is 3.36. The molecule has 0 saturated carbocycles. The van der Waals surface area contributed by atoms with Gasteiger partial charge in [0.05, 0.1) is 0 Å². The Morgan fingerprint density at radius 1 is 1.11 bits per heavy atom. The number of hydrogen-bond acceptors (Lipinski definition) is 3. The predicted molar refractivity (Wildman–Crippen MR) is 78.0 cm³/mol. The highest BCUT2D eigenvalue weighted by molar-refractivity contribution is 4.83. The number of hydrogen-bond donors (Lipinski definition) is 1. The number of nitrogens with zero attached hydrogens (tertiary/aromatic N) is 2. The van der Waals surface area contributed by atoms with E-state index in [-0.39, 0.29) is 0 Å². The van der Waals surface area contributed by atoms with Crippen molar-refractivity contribution in [2.45, 2.75) is 51.6 Å². The fourth-order valence-corrected chi connectivity index (χ4v) is 3.36. The Morgan fingerprint density at radius 3 is 2.50 bits per heavy atom. The molecule has 2 fully saturated rings. The Balaban J connectivity index is 1.75. The highest BCUT2D eigenvalue weighted by Gasteiger charge is 2.27. The van der Waals surface area contributed by atoms with Crippen LogP contribution in [0.3, 0.4) is 0 Å². The number of likely N-dealkylation sites (tertiary alicyclic amines) is 2. The largest absolute Gasteiger partial charge is 0.314 e. The summed E-state index contributed by atoms with van der Waals surface area (Å²) >= 11 is 0. The quantitative estimate of drug-likeness (QED) is 0.824. The predicted octanol–water partition coefficient (Wildman–Crippen LogP) is 1.79. The van der Waals surface area contributed by atoms with Gasteiger partial charge in [-0.15, -0.1) is 0 Å². The molecule has 0 aromatic rings. The van der Waals surface area contributed by atoms with E-state index in [1.807, 2.05) is 0 Å². The maximum atomic E-state index is 3.61. The van der Waals surface area contributed by atoms with Crippen LogP contribution in [0, 0.1) is 5.92 Å². The molecule has 2 aliphatic heterocycles. The van der Waals surface area contributed by atoms with Gasteiger partial charge in [0.1, 0.15) is 0 Å². The van der Waals surface area contributed by atoms with Gasteiger partial charge in [0.25, 0.3) is 0 Å². The van der Waals surface area contributed by atoms with Crippen LogP contribution in [0.4, 0.5) is 0 Å². The third-order valence-electron chi connectivity index (χ3n) is 4.57. The molecule has 0 radical (unpaired) electrons. The zero-order chi connectivity index (χ0) is 13.0. The number of piperidine rings is 2. The molecule has 2 saturated heterocycles. The van der Waals surface area contributed by atoms with Gasteiger partial charge in [0, 0.05) is 18.6 Å². The van der Waals surface area contributed by atoms with E-state index in [0.29, 0.717) is 6.04 Å². The van der Waals surface area contributed by atoms with Crippen molar-refractivity contribution in [2.75, 3.05) is 39.8 Å². The number of rotatable bonds is 4. The highest BCUT2D eigenvalue weighted by Crippen LogP contribution is 2.23. The van der Waals surface area contributed by atoms with Crippen molar-refractivity contribution in [1.82, 2.24) is 15.1 Å². The molecule has 2 rings (SSSR count). The second-order valence-electron chi connectivity index (χ2n) is 6.60. The summed E-state index contributed by atoms with van der Waals surface area (Å²) in [4.78, 5) is 5.25. The van der Waals surface area contributed by atoms with E-state index in [1.54, 1.807) is 0 Å². The maximum Gasteiger partial charge on any atom is 0.0120 e. The molecular weight excluding hydrogens is 222 g/mol. The molecular formula is C15H31N3. The van der Waals surface area contributed by atoms with Gasteiger partial charge in [-0.3, -0.25) is 4.90 Å². The summed E-state index contributed by atoms with van der Waals surface area (Å²) in [5, 5.41) is 3.61. The Labute approximate surface area is 113 Å². The SMILES string of the molecule is CC(C)NCC1CCCN(C2CCN(C)CC2)C1. The minimum absolute atomic E-state index is 0.628. The topological polar surface area (TPSA) is 18.5 Å². The summed E-state index contributed by atoms with van der Waals surface area (Å²) in [6.45, 7) is 10.9. The van der Waals surface area contributed by atoms with Crippen molar-refractivity contribution in [3.8, 4) is 0 Å². The fraction of sp³-hybridized carbons (Fsp3) is 1.00. The van der Waals surface area contributed by atoms with Gasteiger partial charge >= 0.3 is 0 Å². The first-order valence-corrected chi connectivity index (χ1v) is 7.81. The van der Waals surface area contributed by atoms with E-state index in [0.717, 1.165) is 12.0 Å². The molecule has 0 amide bonds. The summed E-state index contributed by atoms with van der Waals surface area (Å²) in [6.07, 6.45) is 5.57.